The SMILES string of the molecule is CC(=O)CCCO.CC(=O)CCCOc1nonc1-c1noc(=O)n1-c1ccc(F)c(Br)c1.CC(C)(C)O.O=c1onc(-c2nonc2[N+](=O)[O-])n1-c1ccc(F)c(Br)c1.[K+]. The van der Waals surface area contributed by atoms with Gasteiger partial charge in [0.25, 0.3) is 11.6 Å². The summed E-state index contributed by atoms with van der Waals surface area (Å²) in [6.45, 7) is 8.56. The summed E-state index contributed by atoms with van der Waals surface area (Å²) in [7, 11) is 0. The van der Waals surface area contributed by atoms with Crippen molar-refractivity contribution in [3.8, 4) is 40.3 Å². The Morgan fingerprint density at radius 1 is 0.803 bits per heavy atom. The summed E-state index contributed by atoms with van der Waals surface area (Å²) in [5.74, 6) is -3.64. The Labute approximate surface area is 401 Å². The van der Waals surface area contributed by atoms with Crippen LogP contribution in [-0.2, 0) is 9.59 Å². The Morgan fingerprint density at radius 3 is 1.67 bits per heavy atom. The maximum absolute atomic E-state index is 13.5. The average molecular weight is 1010 g/mol. The van der Waals surface area contributed by atoms with Crippen molar-refractivity contribution >= 4 is 49.2 Å². The van der Waals surface area contributed by atoms with Gasteiger partial charge >= 0.3 is 68.7 Å². The van der Waals surface area contributed by atoms with Gasteiger partial charge in [0.05, 0.1) is 32.5 Å². The van der Waals surface area contributed by atoms with E-state index >= 15 is 0 Å². The molecule has 6 rings (SSSR count). The Bertz CT molecular complexity index is 2510. The molecule has 4 heterocycles. The first-order chi connectivity index (χ1) is 28.2. The summed E-state index contributed by atoms with van der Waals surface area (Å²) in [6.07, 6.45) is 1.96. The van der Waals surface area contributed by atoms with Crippen LogP contribution in [0.4, 0.5) is 14.6 Å². The number of ketones is 2. The number of benzene rings is 2. The maximum Gasteiger partial charge on any atom is 1.00 e. The van der Waals surface area contributed by atoms with Crippen molar-refractivity contribution in [2.75, 3.05) is 13.2 Å². The minimum absolute atomic E-state index is 0. The van der Waals surface area contributed by atoms with Gasteiger partial charge in [-0.3, -0.25) is 9.05 Å². The molecule has 4 aromatic heterocycles. The van der Waals surface area contributed by atoms with E-state index in [0.717, 1.165) is 15.2 Å². The summed E-state index contributed by atoms with van der Waals surface area (Å²) >= 11 is 6.03. The van der Waals surface area contributed by atoms with Gasteiger partial charge in [-0.05, 0) is 136 Å². The average Bonchev–Trinajstić information content (AvgIpc) is 3.98. The molecule has 0 amide bonds. The van der Waals surface area contributed by atoms with Gasteiger partial charge in [0.15, 0.2) is 5.16 Å². The van der Waals surface area contributed by atoms with Crippen LogP contribution in [0.3, 0.4) is 0 Å². The van der Waals surface area contributed by atoms with Crippen molar-refractivity contribution in [3.63, 3.8) is 0 Å². The molecular formula is C34H35Br2F2KN9O13+. The Morgan fingerprint density at radius 2 is 1.25 bits per heavy atom. The predicted octanol–water partition coefficient (Wildman–Crippen LogP) is 2.34. The maximum atomic E-state index is 13.5. The normalized spacial score (nSPS) is 10.5. The van der Waals surface area contributed by atoms with Crippen molar-refractivity contribution in [1.29, 1.82) is 0 Å². The molecule has 0 aliphatic heterocycles. The molecule has 0 aliphatic rings. The van der Waals surface area contributed by atoms with E-state index in [1.165, 1.54) is 44.2 Å². The van der Waals surface area contributed by atoms with Crippen LogP contribution in [0.25, 0.3) is 34.4 Å². The molecule has 0 saturated heterocycles. The summed E-state index contributed by atoms with van der Waals surface area (Å²) in [4.78, 5) is 54.9. The third kappa shape index (κ3) is 16.4. The van der Waals surface area contributed by atoms with Crippen molar-refractivity contribution in [1.82, 2.24) is 40.1 Å². The van der Waals surface area contributed by atoms with E-state index in [1.807, 2.05) is 0 Å². The molecule has 0 radical (unpaired) electrons. The quantitative estimate of drug-likeness (QED) is 0.0726. The number of carbonyl (C=O) groups is 2. The van der Waals surface area contributed by atoms with Gasteiger partial charge in [0.2, 0.25) is 17.3 Å². The molecule has 0 aliphatic carbocycles. The minimum atomic E-state index is -0.939. The van der Waals surface area contributed by atoms with Crippen LogP contribution in [0.1, 0.15) is 60.3 Å². The number of aliphatic hydroxyl groups excluding tert-OH is 1. The first-order valence-corrected chi connectivity index (χ1v) is 18.6. The molecule has 0 unspecified atom stereocenters. The third-order valence-corrected chi connectivity index (χ3v) is 7.87. The molecule has 2 aromatic carbocycles. The minimum Gasteiger partial charge on any atom is -0.474 e. The summed E-state index contributed by atoms with van der Waals surface area (Å²) in [5.41, 5.74) is -0.396. The van der Waals surface area contributed by atoms with Crippen molar-refractivity contribution in [3.05, 3.63) is 88.2 Å². The van der Waals surface area contributed by atoms with Crippen LogP contribution in [0.5, 0.6) is 5.88 Å². The number of aliphatic hydroxyl groups is 2. The summed E-state index contributed by atoms with van der Waals surface area (Å²) in [5, 5.41) is 48.4. The van der Waals surface area contributed by atoms with E-state index in [-0.39, 0.29) is 114 Å². The molecule has 22 nitrogen and oxygen atoms in total. The smallest absolute Gasteiger partial charge is 0.474 e. The molecule has 0 fully saturated rings. The number of Topliss-reactive ketones (excluding diaryl/α,β-unsaturated/α-hetero) is 2. The third-order valence-electron chi connectivity index (χ3n) is 6.66. The summed E-state index contributed by atoms with van der Waals surface area (Å²) < 4.78 is 52.5. The van der Waals surface area contributed by atoms with Gasteiger partial charge in [0.1, 0.15) is 23.2 Å². The van der Waals surface area contributed by atoms with Crippen LogP contribution in [-0.4, -0.2) is 85.6 Å². The zero-order valence-electron chi connectivity index (χ0n) is 33.1. The van der Waals surface area contributed by atoms with E-state index in [2.05, 4.69) is 76.6 Å². The van der Waals surface area contributed by atoms with Gasteiger partial charge in [-0.1, -0.05) is 10.3 Å². The van der Waals surface area contributed by atoms with E-state index in [9.17, 15) is 38.1 Å². The number of carbonyl (C=O) groups excluding carboxylic acids is 2. The Balaban J connectivity index is 0.000000330. The van der Waals surface area contributed by atoms with Crippen LogP contribution in [0.15, 0.2) is 73.2 Å². The number of nitro groups is 1. The molecular weight excluding hydrogens is 979 g/mol. The first kappa shape index (κ1) is 52.7. The topological polar surface area (TPSA) is 301 Å². The second kappa shape index (κ2) is 24.8. The van der Waals surface area contributed by atoms with Crippen LogP contribution < -0.4 is 67.6 Å². The van der Waals surface area contributed by atoms with Crippen molar-refractivity contribution < 1.29 is 108 Å². The van der Waals surface area contributed by atoms with E-state index in [1.54, 1.807) is 20.8 Å². The number of halogens is 4. The van der Waals surface area contributed by atoms with Crippen LogP contribution in [0, 0.1) is 21.7 Å². The fourth-order valence-corrected chi connectivity index (χ4v) is 4.91. The molecule has 0 atom stereocenters. The number of ether oxygens (including phenoxy) is 1. The second-order valence-electron chi connectivity index (χ2n) is 12.9. The predicted molar refractivity (Wildman–Crippen MR) is 207 cm³/mol. The summed E-state index contributed by atoms with van der Waals surface area (Å²) in [6, 6.07) is 7.58. The zero-order valence-corrected chi connectivity index (χ0v) is 39.4. The van der Waals surface area contributed by atoms with Crippen LogP contribution in [0.2, 0.25) is 0 Å². The molecule has 6 aromatic rings. The van der Waals surface area contributed by atoms with Gasteiger partial charge in [-0.15, -0.1) is 4.63 Å². The van der Waals surface area contributed by atoms with E-state index in [0.29, 0.717) is 31.4 Å². The molecule has 27 heteroatoms. The van der Waals surface area contributed by atoms with E-state index < -0.39 is 45.2 Å². The second-order valence-corrected chi connectivity index (χ2v) is 14.6. The molecule has 322 valence electrons. The Hall–Kier alpha value is -4.48. The fourth-order valence-electron chi connectivity index (χ4n) is 4.18. The van der Waals surface area contributed by atoms with E-state index in [4.69, 9.17) is 19.5 Å². The first-order valence-electron chi connectivity index (χ1n) is 17.1. The number of hydrogen-bond acceptors (Lipinski definition) is 19. The van der Waals surface area contributed by atoms with Crippen LogP contribution >= 0.6 is 31.9 Å². The number of hydrogen-bond donors (Lipinski definition) is 2. The molecule has 0 spiro atoms. The Kier molecular flexibility index (Phi) is 21.4. The number of rotatable bonds is 13. The van der Waals surface area contributed by atoms with Gasteiger partial charge in [0, 0.05) is 19.4 Å². The monoisotopic (exact) mass is 1010 g/mol. The van der Waals surface area contributed by atoms with Gasteiger partial charge < -0.3 is 34.7 Å². The van der Waals surface area contributed by atoms with Crippen molar-refractivity contribution in [2.24, 2.45) is 0 Å². The van der Waals surface area contributed by atoms with Gasteiger partial charge in [-0.25, -0.2) is 32.1 Å². The standard InChI is InChI=1S/C15H12BrFN4O5.C10H3BrFN5O5.C5H10O2.C4H10O.K/c1-8(22)3-2-6-24-14-12(18-26-20-14)13-19-25-15(23)21(13)9-4-5-11(17)10(16)7-9;11-5-3-4(1-2-6(5)12)16-8(14-21-10(16)18)7-9(17(19)20)15-22-13-7;1-5(7)3-2-4-6;1-4(2,3)5;/h4-5,7H,2-3,6H2,1H3;1-3H;6H,2-4H2,1H3;5H,1-3H3;/q;;;;+1. The molecule has 2 N–H and O–H groups in total. The number of aromatic nitrogens is 8. The van der Waals surface area contributed by atoms with Crippen molar-refractivity contribution in [2.45, 2.75) is 65.9 Å². The fraction of sp³-hybridized carbons (Fsp3) is 0.353. The van der Waals surface area contributed by atoms with Gasteiger partial charge in [-0.2, -0.15) is 0 Å². The molecule has 61 heavy (non-hydrogen) atoms. The largest absolute Gasteiger partial charge is 1.00 e. The number of nitrogens with zero attached hydrogens (tertiary/aromatic N) is 9. The zero-order chi connectivity index (χ0) is 44.7. The molecule has 0 bridgehead atoms. The molecule has 0 saturated carbocycles.